The summed E-state index contributed by atoms with van der Waals surface area (Å²) in [6, 6.07) is 30.4. The number of rotatable bonds is 5. The Hall–Kier alpha value is -3.32. The molecule has 30 heavy (non-hydrogen) atoms. The van der Waals surface area contributed by atoms with Gasteiger partial charge >= 0.3 is 0 Å². The van der Waals surface area contributed by atoms with Gasteiger partial charge in [-0.2, -0.15) is 0 Å². The average Bonchev–Trinajstić information content (AvgIpc) is 2.78. The molecule has 154 valence electrons. The van der Waals surface area contributed by atoms with Gasteiger partial charge in [0.05, 0.1) is 5.69 Å². The van der Waals surface area contributed by atoms with Crippen LogP contribution in [0.4, 0.5) is 11.4 Å². The lowest BCUT2D eigenvalue weighted by atomic mass is 9.91. The van der Waals surface area contributed by atoms with Crippen molar-refractivity contribution in [3.63, 3.8) is 0 Å². The van der Waals surface area contributed by atoms with Crippen LogP contribution in [0.3, 0.4) is 0 Å². The van der Waals surface area contributed by atoms with E-state index in [1.165, 1.54) is 38.7 Å². The molecule has 0 radical (unpaired) electrons. The number of aryl methyl sites for hydroxylation is 1. The minimum atomic E-state index is 0. The molecule has 0 saturated heterocycles. The highest BCUT2D eigenvalue weighted by Crippen LogP contribution is 2.38. The van der Waals surface area contributed by atoms with Crippen LogP contribution in [0.25, 0.3) is 21.9 Å². The van der Waals surface area contributed by atoms with Gasteiger partial charge < -0.3 is 5.32 Å². The molecule has 0 unspecified atom stereocenters. The van der Waals surface area contributed by atoms with Crippen molar-refractivity contribution in [1.82, 2.24) is 0 Å². The molecule has 0 aliphatic carbocycles. The molecule has 4 rings (SSSR count). The Morgan fingerprint density at radius 1 is 0.800 bits per heavy atom. The van der Waals surface area contributed by atoms with Crippen LogP contribution < -0.4 is 5.32 Å². The normalized spacial score (nSPS) is 9.93. The fraction of sp³-hybridized carbons (Fsp3) is 0.172. The maximum Gasteiger partial charge on any atom is 0.0502 e. The minimum Gasteiger partial charge on any atom is -0.355 e. The van der Waals surface area contributed by atoms with Crippen LogP contribution >= 0.6 is 0 Å². The molecule has 0 aliphatic heterocycles. The second-order valence-electron chi connectivity index (χ2n) is 7.11. The number of fused-ring (bicyclic) bond motifs is 1. The van der Waals surface area contributed by atoms with Crippen LogP contribution in [0.2, 0.25) is 0 Å². The van der Waals surface area contributed by atoms with Gasteiger partial charge in [0, 0.05) is 11.1 Å². The lowest BCUT2D eigenvalue weighted by Gasteiger charge is -2.20. The van der Waals surface area contributed by atoms with Crippen molar-refractivity contribution in [3.8, 4) is 11.1 Å². The van der Waals surface area contributed by atoms with Gasteiger partial charge in [-0.15, -0.1) is 13.2 Å². The molecule has 0 atom stereocenters. The summed E-state index contributed by atoms with van der Waals surface area (Å²) in [6.07, 6.45) is 2.16. The van der Waals surface area contributed by atoms with E-state index in [-0.39, 0.29) is 7.43 Å². The summed E-state index contributed by atoms with van der Waals surface area (Å²) >= 11 is 0. The maximum absolute atomic E-state index is 3.74. The minimum absolute atomic E-state index is 0. The van der Waals surface area contributed by atoms with E-state index in [2.05, 4.69) is 117 Å². The van der Waals surface area contributed by atoms with Crippen molar-refractivity contribution in [2.45, 2.75) is 34.1 Å². The second kappa shape index (κ2) is 11.0. The zero-order chi connectivity index (χ0) is 20.6. The fourth-order valence-corrected chi connectivity index (χ4v) is 3.70. The maximum atomic E-state index is 3.74. The van der Waals surface area contributed by atoms with Gasteiger partial charge in [-0.05, 0) is 53.6 Å². The number of hydrogen-bond acceptors (Lipinski definition) is 1. The summed E-state index contributed by atoms with van der Waals surface area (Å²) in [4.78, 5) is 0. The summed E-state index contributed by atoms with van der Waals surface area (Å²) in [5, 5.41) is 6.29. The molecule has 1 nitrogen and oxygen atoms in total. The lowest BCUT2D eigenvalue weighted by Crippen LogP contribution is -2.00. The van der Waals surface area contributed by atoms with Crippen LogP contribution in [0, 0.1) is 6.92 Å². The van der Waals surface area contributed by atoms with Crippen LogP contribution in [0.1, 0.15) is 31.9 Å². The molecule has 0 spiro atoms. The summed E-state index contributed by atoms with van der Waals surface area (Å²) in [6.45, 7) is 10.4. The zero-order valence-electron chi connectivity index (χ0n) is 17.4. The van der Waals surface area contributed by atoms with Crippen molar-refractivity contribution >= 4 is 22.1 Å². The van der Waals surface area contributed by atoms with E-state index in [0.717, 1.165) is 18.5 Å². The molecule has 4 aromatic carbocycles. The number of anilines is 2. The first-order chi connectivity index (χ1) is 14.3. The highest BCUT2D eigenvalue weighted by molar-refractivity contribution is 6.01. The number of hydrogen-bond donors (Lipinski definition) is 1. The largest absolute Gasteiger partial charge is 0.355 e. The van der Waals surface area contributed by atoms with Crippen LogP contribution in [-0.2, 0) is 6.42 Å². The molecule has 0 aromatic heterocycles. The zero-order valence-corrected chi connectivity index (χ0v) is 17.4. The molecule has 1 heteroatoms. The van der Waals surface area contributed by atoms with Gasteiger partial charge in [-0.3, -0.25) is 0 Å². The molecule has 0 amide bonds. The van der Waals surface area contributed by atoms with Crippen LogP contribution in [0.5, 0.6) is 0 Å². The van der Waals surface area contributed by atoms with E-state index in [9.17, 15) is 0 Å². The van der Waals surface area contributed by atoms with Crippen molar-refractivity contribution < 1.29 is 0 Å². The Balaban J connectivity index is 0.00000104. The highest BCUT2D eigenvalue weighted by Gasteiger charge is 2.14. The van der Waals surface area contributed by atoms with Gasteiger partial charge in [-0.1, -0.05) is 93.1 Å². The molecule has 0 heterocycles. The van der Waals surface area contributed by atoms with Gasteiger partial charge in [0.2, 0.25) is 0 Å². The van der Waals surface area contributed by atoms with E-state index >= 15 is 0 Å². The second-order valence-corrected chi connectivity index (χ2v) is 7.11. The molecule has 0 saturated carbocycles. The van der Waals surface area contributed by atoms with Gasteiger partial charge in [0.15, 0.2) is 0 Å². The average molecular weight is 396 g/mol. The lowest BCUT2D eigenvalue weighted by molar-refractivity contribution is 0.927. The first-order valence-electron chi connectivity index (χ1n) is 10.2. The summed E-state index contributed by atoms with van der Waals surface area (Å²) in [7, 11) is 0. The predicted octanol–water partition coefficient (Wildman–Crippen LogP) is 8.95. The molecule has 1 N–H and O–H groups in total. The molecule has 0 aliphatic rings. The molecule has 4 aromatic rings. The summed E-state index contributed by atoms with van der Waals surface area (Å²) in [5.74, 6) is 0. The summed E-state index contributed by atoms with van der Waals surface area (Å²) < 4.78 is 0. The molecule has 0 fully saturated rings. The first-order valence-corrected chi connectivity index (χ1v) is 10.2. The quantitative estimate of drug-likeness (QED) is 0.332. The van der Waals surface area contributed by atoms with E-state index in [4.69, 9.17) is 0 Å². The molecular weight excluding hydrogens is 362 g/mol. The molecular formula is C29H33N. The van der Waals surface area contributed by atoms with Crippen LogP contribution in [0.15, 0.2) is 98.1 Å². The third kappa shape index (κ3) is 4.99. The van der Waals surface area contributed by atoms with Crippen molar-refractivity contribution in [2.75, 3.05) is 5.32 Å². The Bertz CT molecular complexity index is 1060. The SMILES string of the molecule is C.C=C.CCCc1c(-c2ccccc2)cc2ccccc2c1Nc1ccc(C)cc1. The fourth-order valence-electron chi connectivity index (χ4n) is 3.70. The number of nitrogens with one attached hydrogen (secondary N) is 1. The standard InChI is InChI=1S/C26H25N.C2H4.CH4/c1-3-9-24-25(20-10-5-4-6-11-20)18-21-12-7-8-13-23(21)26(24)27-22-16-14-19(2)15-17-22;1-2;/h4-8,10-18,27H,3,9H2,1-2H3;1-2H2;1H4. The Morgan fingerprint density at radius 3 is 2.10 bits per heavy atom. The van der Waals surface area contributed by atoms with Crippen molar-refractivity contribution in [2.24, 2.45) is 0 Å². The predicted molar refractivity (Wildman–Crippen MR) is 136 cm³/mol. The Morgan fingerprint density at radius 2 is 1.43 bits per heavy atom. The van der Waals surface area contributed by atoms with Gasteiger partial charge in [-0.25, -0.2) is 0 Å². The van der Waals surface area contributed by atoms with Gasteiger partial charge in [0.1, 0.15) is 0 Å². The Labute approximate surface area is 182 Å². The van der Waals surface area contributed by atoms with Crippen molar-refractivity contribution in [3.05, 3.63) is 109 Å². The van der Waals surface area contributed by atoms with Crippen molar-refractivity contribution in [1.29, 1.82) is 0 Å². The first kappa shape index (κ1) is 23.0. The van der Waals surface area contributed by atoms with E-state index in [1.54, 1.807) is 0 Å². The monoisotopic (exact) mass is 395 g/mol. The van der Waals surface area contributed by atoms with Crippen LogP contribution in [-0.4, -0.2) is 0 Å². The highest BCUT2D eigenvalue weighted by atomic mass is 14.9. The Kier molecular flexibility index (Phi) is 8.43. The smallest absolute Gasteiger partial charge is 0.0502 e. The number of benzene rings is 4. The third-order valence-electron chi connectivity index (χ3n) is 5.06. The molecule has 0 bridgehead atoms. The van der Waals surface area contributed by atoms with E-state index in [1.807, 2.05) is 0 Å². The van der Waals surface area contributed by atoms with E-state index in [0.29, 0.717) is 0 Å². The van der Waals surface area contributed by atoms with Gasteiger partial charge in [0.25, 0.3) is 0 Å². The van der Waals surface area contributed by atoms with E-state index < -0.39 is 0 Å². The third-order valence-corrected chi connectivity index (χ3v) is 5.06. The topological polar surface area (TPSA) is 12.0 Å². The summed E-state index contributed by atoms with van der Waals surface area (Å²) in [5.41, 5.74) is 7.63.